The summed E-state index contributed by atoms with van der Waals surface area (Å²) in [6.45, 7) is 1.54. The number of nitriles is 1. The van der Waals surface area contributed by atoms with Gasteiger partial charge in [0.2, 0.25) is 0 Å². The lowest BCUT2D eigenvalue weighted by molar-refractivity contribution is -0.147. The first-order valence-corrected chi connectivity index (χ1v) is 4.42. The van der Waals surface area contributed by atoms with Gasteiger partial charge in [-0.25, -0.2) is 4.79 Å². The maximum absolute atomic E-state index is 10.8. The normalized spacial score (nSPS) is 11.6. The maximum atomic E-state index is 10.8. The first kappa shape index (κ1) is 11.9. The van der Waals surface area contributed by atoms with Gasteiger partial charge in [-0.3, -0.25) is 4.79 Å². The lowest BCUT2D eigenvalue weighted by Crippen LogP contribution is -2.14. The van der Waals surface area contributed by atoms with Crippen LogP contribution >= 0.6 is 0 Å². The predicted molar refractivity (Wildman–Crippen MR) is 53.9 cm³/mol. The second-order valence-electron chi connectivity index (χ2n) is 3.27. The number of benzene rings is 1. The number of nitrogens with zero attached hydrogens (tertiary/aromatic N) is 1. The van der Waals surface area contributed by atoms with Crippen LogP contribution < -0.4 is 0 Å². The highest BCUT2D eigenvalue weighted by atomic mass is 16.4. The average Bonchev–Trinajstić information content (AvgIpc) is 2.26. The first-order valence-electron chi connectivity index (χ1n) is 4.42. The molecule has 1 aromatic rings. The summed E-state index contributed by atoms with van der Waals surface area (Å²) in [6.07, 6.45) is -1.33. The number of aliphatic hydroxyl groups is 1. The summed E-state index contributed by atoms with van der Waals surface area (Å²) < 4.78 is 0. The SMILES string of the molecule is Cc1cc(C#N)cc(C=O)c1C(O)C(=O)O. The Hall–Kier alpha value is -2.19. The third-order valence-electron chi connectivity index (χ3n) is 2.18. The third kappa shape index (κ3) is 2.07. The number of carboxylic acid groups (broad SMARTS) is 1. The first-order chi connectivity index (χ1) is 7.51. The van der Waals surface area contributed by atoms with Gasteiger partial charge in [0, 0.05) is 11.1 Å². The van der Waals surface area contributed by atoms with E-state index in [9.17, 15) is 14.7 Å². The monoisotopic (exact) mass is 219 g/mol. The number of aldehydes is 1. The number of aliphatic hydroxyl groups excluding tert-OH is 1. The molecule has 0 aliphatic heterocycles. The Kier molecular flexibility index (Phi) is 3.38. The molecule has 0 aromatic heterocycles. The standard InChI is InChI=1S/C11H9NO4/c1-6-2-7(4-12)3-8(5-13)9(6)10(14)11(15)16/h2-3,5,10,14H,1H3,(H,15,16). The molecule has 0 amide bonds. The van der Waals surface area contributed by atoms with Crippen LogP contribution in [-0.4, -0.2) is 22.5 Å². The molecule has 0 heterocycles. The van der Waals surface area contributed by atoms with Gasteiger partial charge in [-0.1, -0.05) is 0 Å². The molecule has 0 radical (unpaired) electrons. The van der Waals surface area contributed by atoms with E-state index in [0.717, 1.165) is 0 Å². The molecule has 0 fully saturated rings. The van der Waals surface area contributed by atoms with Crippen LogP contribution in [0.15, 0.2) is 12.1 Å². The molecule has 0 aliphatic carbocycles. The molecule has 0 aliphatic rings. The van der Waals surface area contributed by atoms with Gasteiger partial charge >= 0.3 is 5.97 Å². The molecule has 1 rings (SSSR count). The molecule has 2 N–H and O–H groups in total. The van der Waals surface area contributed by atoms with Crippen LogP contribution in [0, 0.1) is 18.3 Å². The van der Waals surface area contributed by atoms with Gasteiger partial charge in [-0.2, -0.15) is 5.26 Å². The van der Waals surface area contributed by atoms with Crippen molar-refractivity contribution in [3.05, 3.63) is 34.4 Å². The van der Waals surface area contributed by atoms with E-state index in [2.05, 4.69) is 0 Å². The van der Waals surface area contributed by atoms with E-state index in [1.54, 1.807) is 0 Å². The summed E-state index contributed by atoms with van der Waals surface area (Å²) in [4.78, 5) is 21.4. The number of rotatable bonds is 3. The third-order valence-corrected chi connectivity index (χ3v) is 2.18. The van der Waals surface area contributed by atoms with Crippen LogP contribution in [0.1, 0.15) is 33.2 Å². The summed E-state index contributed by atoms with van der Waals surface area (Å²) in [5.41, 5.74) is 0.699. The predicted octanol–water partition coefficient (Wildman–Crippen LogP) is 0.797. The van der Waals surface area contributed by atoms with E-state index in [1.165, 1.54) is 19.1 Å². The smallest absolute Gasteiger partial charge is 0.337 e. The number of carbonyl (C=O) groups is 2. The van der Waals surface area contributed by atoms with Crippen molar-refractivity contribution in [1.82, 2.24) is 0 Å². The Bertz CT molecular complexity index is 487. The Balaban J connectivity index is 3.45. The molecule has 1 unspecified atom stereocenters. The van der Waals surface area contributed by atoms with Crippen molar-refractivity contribution >= 4 is 12.3 Å². The van der Waals surface area contributed by atoms with Crippen molar-refractivity contribution in [3.8, 4) is 6.07 Å². The zero-order valence-corrected chi connectivity index (χ0v) is 8.47. The fourth-order valence-electron chi connectivity index (χ4n) is 1.48. The van der Waals surface area contributed by atoms with Crippen molar-refractivity contribution in [2.24, 2.45) is 0 Å². The minimum absolute atomic E-state index is 0.0199. The summed E-state index contributed by atoms with van der Waals surface area (Å²) in [6, 6.07) is 4.53. The second-order valence-corrected chi connectivity index (χ2v) is 3.27. The molecule has 82 valence electrons. The summed E-state index contributed by atoms with van der Waals surface area (Å²) in [5.74, 6) is -1.43. The Morgan fingerprint density at radius 3 is 2.62 bits per heavy atom. The molecule has 1 atom stereocenters. The molecule has 0 saturated heterocycles. The van der Waals surface area contributed by atoms with Gasteiger partial charge in [-0.15, -0.1) is 0 Å². The van der Waals surface area contributed by atoms with Crippen molar-refractivity contribution in [2.75, 3.05) is 0 Å². The minimum Gasteiger partial charge on any atom is -0.479 e. The van der Waals surface area contributed by atoms with Gasteiger partial charge in [0.05, 0.1) is 11.6 Å². The zero-order chi connectivity index (χ0) is 12.3. The van der Waals surface area contributed by atoms with E-state index in [0.29, 0.717) is 11.8 Å². The highest BCUT2D eigenvalue weighted by Crippen LogP contribution is 2.23. The largest absolute Gasteiger partial charge is 0.479 e. The van der Waals surface area contributed by atoms with Crippen LogP contribution in [0.5, 0.6) is 0 Å². The van der Waals surface area contributed by atoms with Gasteiger partial charge in [0.25, 0.3) is 0 Å². The van der Waals surface area contributed by atoms with E-state index in [-0.39, 0.29) is 16.7 Å². The number of hydrogen-bond acceptors (Lipinski definition) is 4. The van der Waals surface area contributed by atoms with E-state index >= 15 is 0 Å². The molecule has 16 heavy (non-hydrogen) atoms. The number of carbonyl (C=O) groups excluding carboxylic acids is 1. The van der Waals surface area contributed by atoms with Gasteiger partial charge < -0.3 is 10.2 Å². The fourth-order valence-corrected chi connectivity index (χ4v) is 1.48. The van der Waals surface area contributed by atoms with Gasteiger partial charge in [0.1, 0.15) is 6.29 Å². The average molecular weight is 219 g/mol. The summed E-state index contributed by atoms with van der Waals surface area (Å²) in [7, 11) is 0. The lowest BCUT2D eigenvalue weighted by atomic mass is 9.95. The van der Waals surface area contributed by atoms with Gasteiger partial charge in [-0.05, 0) is 24.6 Å². The summed E-state index contributed by atoms with van der Waals surface area (Å²) >= 11 is 0. The van der Waals surface area contributed by atoms with Crippen LogP contribution in [0.3, 0.4) is 0 Å². The Labute approximate surface area is 91.6 Å². The minimum atomic E-state index is -1.76. The molecular formula is C11H9NO4. The molecular weight excluding hydrogens is 210 g/mol. The molecule has 0 saturated carbocycles. The van der Waals surface area contributed by atoms with Crippen LogP contribution in [0.4, 0.5) is 0 Å². The summed E-state index contributed by atoms with van der Waals surface area (Å²) in [5, 5.41) is 26.8. The highest BCUT2D eigenvalue weighted by molar-refractivity contribution is 5.84. The van der Waals surface area contributed by atoms with Crippen LogP contribution in [0.25, 0.3) is 0 Å². The quantitative estimate of drug-likeness (QED) is 0.732. The Morgan fingerprint density at radius 2 is 2.19 bits per heavy atom. The number of hydrogen-bond donors (Lipinski definition) is 2. The van der Waals surface area contributed by atoms with E-state index < -0.39 is 12.1 Å². The van der Waals surface area contributed by atoms with E-state index in [4.69, 9.17) is 10.4 Å². The molecule has 5 heteroatoms. The maximum Gasteiger partial charge on any atom is 0.337 e. The molecule has 0 bridgehead atoms. The lowest BCUT2D eigenvalue weighted by Gasteiger charge is -2.12. The Morgan fingerprint density at radius 1 is 1.56 bits per heavy atom. The fraction of sp³-hybridized carbons (Fsp3) is 0.182. The second kappa shape index (κ2) is 4.55. The van der Waals surface area contributed by atoms with Crippen LogP contribution in [0.2, 0.25) is 0 Å². The molecule has 5 nitrogen and oxygen atoms in total. The van der Waals surface area contributed by atoms with Crippen molar-refractivity contribution < 1.29 is 19.8 Å². The van der Waals surface area contributed by atoms with Crippen molar-refractivity contribution in [3.63, 3.8) is 0 Å². The number of aryl methyl sites for hydroxylation is 1. The van der Waals surface area contributed by atoms with Crippen molar-refractivity contribution in [2.45, 2.75) is 13.0 Å². The van der Waals surface area contributed by atoms with Gasteiger partial charge in [0.15, 0.2) is 6.10 Å². The van der Waals surface area contributed by atoms with Crippen LogP contribution in [-0.2, 0) is 4.79 Å². The topological polar surface area (TPSA) is 98.4 Å². The number of aliphatic carboxylic acids is 1. The zero-order valence-electron chi connectivity index (χ0n) is 8.47. The van der Waals surface area contributed by atoms with E-state index in [1.807, 2.05) is 6.07 Å². The highest BCUT2D eigenvalue weighted by Gasteiger charge is 2.22. The molecule has 1 aromatic carbocycles. The van der Waals surface area contributed by atoms with Crippen molar-refractivity contribution in [1.29, 1.82) is 5.26 Å². The molecule has 0 spiro atoms. The number of carboxylic acids is 1.